The van der Waals surface area contributed by atoms with Crippen LogP contribution in [0.2, 0.25) is 0 Å². The number of alkyl halides is 1. The Kier molecular flexibility index (Phi) is 9.33. The predicted molar refractivity (Wildman–Crippen MR) is 177 cm³/mol. The van der Waals surface area contributed by atoms with Gasteiger partial charge in [0.15, 0.2) is 0 Å². The van der Waals surface area contributed by atoms with Gasteiger partial charge in [0.05, 0.1) is 30.8 Å². The minimum Gasteiger partial charge on any atom is -0.462 e. The molecule has 2 saturated heterocycles. The lowest BCUT2D eigenvalue weighted by Crippen LogP contribution is -2.55. The van der Waals surface area contributed by atoms with E-state index < -0.39 is 0 Å². The number of ether oxygens (including phenoxy) is 1. The van der Waals surface area contributed by atoms with E-state index in [9.17, 15) is 10.1 Å². The molecule has 0 radical (unpaired) electrons. The molecular formula is C34H40BrN7O2. The summed E-state index contributed by atoms with van der Waals surface area (Å²) in [5.41, 5.74) is 4.61. The van der Waals surface area contributed by atoms with E-state index in [1.165, 1.54) is 28.4 Å². The number of piperazine rings is 1. The number of rotatable bonds is 8. The molecule has 0 aliphatic carbocycles. The maximum Gasteiger partial charge on any atom is 0.318 e. The van der Waals surface area contributed by atoms with Crippen molar-refractivity contribution in [1.29, 1.82) is 5.26 Å². The molecule has 2 fully saturated rings. The van der Waals surface area contributed by atoms with E-state index in [2.05, 4.69) is 87.1 Å². The topological polar surface area (TPSA) is 88.8 Å². The van der Waals surface area contributed by atoms with E-state index in [4.69, 9.17) is 14.7 Å². The van der Waals surface area contributed by atoms with Crippen LogP contribution in [0, 0.1) is 18.3 Å². The summed E-state index contributed by atoms with van der Waals surface area (Å²) in [5.74, 6) is 0.823. The fourth-order valence-corrected chi connectivity index (χ4v) is 7.10. The molecular weight excluding hydrogens is 618 g/mol. The van der Waals surface area contributed by atoms with Gasteiger partial charge >= 0.3 is 6.01 Å². The summed E-state index contributed by atoms with van der Waals surface area (Å²) in [4.78, 5) is 31.8. The van der Waals surface area contributed by atoms with Crippen LogP contribution in [-0.4, -0.2) is 89.5 Å². The summed E-state index contributed by atoms with van der Waals surface area (Å²) < 4.78 is 6.33. The highest BCUT2D eigenvalue weighted by molar-refractivity contribution is 9.09. The largest absolute Gasteiger partial charge is 0.462 e. The zero-order chi connectivity index (χ0) is 30.6. The highest BCUT2D eigenvalue weighted by Crippen LogP contribution is 2.36. The van der Waals surface area contributed by atoms with Gasteiger partial charge in [0.2, 0.25) is 5.91 Å². The van der Waals surface area contributed by atoms with Crippen LogP contribution < -0.4 is 14.5 Å². The van der Waals surface area contributed by atoms with Crippen LogP contribution >= 0.6 is 15.9 Å². The molecule has 0 spiro atoms. The van der Waals surface area contributed by atoms with E-state index in [0.29, 0.717) is 50.2 Å². The summed E-state index contributed by atoms with van der Waals surface area (Å²) in [7, 11) is 2.15. The third kappa shape index (κ3) is 6.26. The van der Waals surface area contributed by atoms with Crippen molar-refractivity contribution in [2.75, 3.05) is 61.5 Å². The number of anilines is 2. The van der Waals surface area contributed by atoms with Crippen molar-refractivity contribution in [3.8, 4) is 12.1 Å². The van der Waals surface area contributed by atoms with Crippen molar-refractivity contribution in [1.82, 2.24) is 19.8 Å². The summed E-state index contributed by atoms with van der Waals surface area (Å²) in [6, 6.07) is 15.8. The first kappa shape index (κ1) is 30.4. The van der Waals surface area contributed by atoms with Crippen molar-refractivity contribution in [3.05, 3.63) is 65.4 Å². The first-order valence-corrected chi connectivity index (χ1v) is 16.7. The molecule has 230 valence electrons. The van der Waals surface area contributed by atoms with E-state index in [1.54, 1.807) is 12.2 Å². The SMILES string of the molecule is Cc1cccc2cccc(N3CCc4c(nc(OC[C@@H]5CCCN5C)nc4N4CCN(C(=O)/C=C/CBr)[C@@H](CC#N)C4)C3)c12. The third-order valence-corrected chi connectivity index (χ3v) is 9.65. The van der Waals surface area contributed by atoms with Gasteiger partial charge in [-0.15, -0.1) is 0 Å². The summed E-state index contributed by atoms with van der Waals surface area (Å²) in [6.07, 6.45) is 6.74. The lowest BCUT2D eigenvalue weighted by atomic mass is 9.99. The molecule has 0 saturated carbocycles. The number of carbonyl (C=O) groups is 1. The molecule has 44 heavy (non-hydrogen) atoms. The molecule has 2 aromatic carbocycles. The normalized spacial score (nSPS) is 20.7. The molecule has 1 amide bonds. The number of aryl methyl sites for hydroxylation is 1. The average molecular weight is 659 g/mol. The van der Waals surface area contributed by atoms with Crippen LogP contribution in [0.15, 0.2) is 48.6 Å². The van der Waals surface area contributed by atoms with E-state index in [-0.39, 0.29) is 18.4 Å². The van der Waals surface area contributed by atoms with Gasteiger partial charge in [-0.05, 0) is 62.9 Å². The number of likely N-dealkylation sites (tertiary alicyclic amines) is 1. The number of nitriles is 1. The number of halogens is 1. The van der Waals surface area contributed by atoms with Crippen LogP contribution in [0.4, 0.5) is 11.5 Å². The zero-order valence-electron chi connectivity index (χ0n) is 25.6. The Bertz CT molecular complexity index is 1580. The van der Waals surface area contributed by atoms with Crippen molar-refractivity contribution < 1.29 is 9.53 Å². The molecule has 3 aromatic rings. The minimum atomic E-state index is -0.220. The Balaban J connectivity index is 1.32. The monoisotopic (exact) mass is 657 g/mol. The number of amides is 1. The van der Waals surface area contributed by atoms with Crippen LogP contribution in [0.5, 0.6) is 6.01 Å². The predicted octanol–water partition coefficient (Wildman–Crippen LogP) is 4.86. The van der Waals surface area contributed by atoms with E-state index in [1.807, 2.05) is 4.90 Å². The molecule has 3 aliphatic rings. The molecule has 4 heterocycles. The van der Waals surface area contributed by atoms with Gasteiger partial charge in [-0.1, -0.05) is 52.3 Å². The number of allylic oxidation sites excluding steroid dienone is 1. The minimum absolute atomic E-state index is 0.0557. The Morgan fingerprint density at radius 1 is 1.11 bits per heavy atom. The first-order chi connectivity index (χ1) is 21.5. The lowest BCUT2D eigenvalue weighted by Gasteiger charge is -2.42. The molecule has 0 N–H and O–H groups in total. The molecule has 0 bridgehead atoms. The second kappa shape index (κ2) is 13.5. The van der Waals surface area contributed by atoms with Crippen molar-refractivity contribution in [2.45, 2.75) is 51.2 Å². The highest BCUT2D eigenvalue weighted by Gasteiger charge is 2.34. The maximum absolute atomic E-state index is 12.9. The fourth-order valence-electron chi connectivity index (χ4n) is 6.91. The number of hydrogen-bond donors (Lipinski definition) is 0. The van der Waals surface area contributed by atoms with Gasteiger partial charge < -0.3 is 24.3 Å². The average Bonchev–Trinajstić information content (AvgIpc) is 3.46. The second-order valence-corrected chi connectivity index (χ2v) is 12.7. The van der Waals surface area contributed by atoms with Gasteiger partial charge in [0.25, 0.3) is 0 Å². The molecule has 3 aliphatic heterocycles. The van der Waals surface area contributed by atoms with Crippen LogP contribution in [0.1, 0.15) is 36.1 Å². The molecule has 9 nitrogen and oxygen atoms in total. The van der Waals surface area contributed by atoms with Crippen LogP contribution in [-0.2, 0) is 17.8 Å². The molecule has 2 atom stereocenters. The number of likely N-dealkylation sites (N-methyl/N-ethyl adjacent to an activating group) is 1. The number of hydrogen-bond acceptors (Lipinski definition) is 8. The second-order valence-electron chi connectivity index (χ2n) is 12.0. The zero-order valence-corrected chi connectivity index (χ0v) is 27.2. The van der Waals surface area contributed by atoms with Gasteiger partial charge in [-0.25, -0.2) is 0 Å². The van der Waals surface area contributed by atoms with Crippen LogP contribution in [0.3, 0.4) is 0 Å². The van der Waals surface area contributed by atoms with Crippen molar-refractivity contribution in [2.24, 2.45) is 0 Å². The Morgan fingerprint density at radius 2 is 1.95 bits per heavy atom. The lowest BCUT2D eigenvalue weighted by molar-refractivity contribution is -0.128. The standard InChI is InChI=1S/C34H40BrN7O2/c1-24-7-3-8-25-9-4-11-30(32(24)25)40-18-14-28-29(22-40)37-34(44-23-27-10-6-17-39(27)2)38-33(28)41-19-20-42(26(21-41)13-16-36)31(43)12-5-15-35/h3-5,7-9,11-12,26-27H,6,10,13-15,17-23H2,1-2H3/b12-5+/t26-,27-/m0/s1. The Morgan fingerprint density at radius 3 is 2.73 bits per heavy atom. The first-order valence-electron chi connectivity index (χ1n) is 15.6. The number of fused-ring (bicyclic) bond motifs is 2. The van der Waals surface area contributed by atoms with Crippen molar-refractivity contribution in [3.63, 3.8) is 0 Å². The van der Waals surface area contributed by atoms with Gasteiger partial charge in [0, 0.05) is 54.2 Å². The highest BCUT2D eigenvalue weighted by atomic mass is 79.9. The number of aromatic nitrogens is 2. The Hall–Kier alpha value is -3.68. The smallest absolute Gasteiger partial charge is 0.318 e. The summed E-state index contributed by atoms with van der Waals surface area (Å²) in [6.45, 7) is 7.03. The molecule has 10 heteroatoms. The maximum atomic E-state index is 12.9. The number of benzene rings is 2. The van der Waals surface area contributed by atoms with Crippen LogP contribution in [0.25, 0.3) is 10.8 Å². The third-order valence-electron chi connectivity index (χ3n) is 9.27. The fraction of sp³-hybridized carbons (Fsp3) is 0.471. The van der Waals surface area contributed by atoms with Gasteiger partial charge in [-0.2, -0.15) is 15.2 Å². The van der Waals surface area contributed by atoms with Gasteiger partial charge in [-0.3, -0.25) is 4.79 Å². The van der Waals surface area contributed by atoms with Gasteiger partial charge in [0.1, 0.15) is 12.4 Å². The molecule has 0 unspecified atom stereocenters. The number of carbonyl (C=O) groups excluding carboxylic acids is 1. The van der Waals surface area contributed by atoms with E-state index in [0.717, 1.165) is 43.0 Å². The quantitative estimate of drug-likeness (QED) is 0.251. The summed E-state index contributed by atoms with van der Waals surface area (Å²) >= 11 is 3.35. The molecule has 6 rings (SSSR count). The van der Waals surface area contributed by atoms with E-state index >= 15 is 0 Å². The Labute approximate surface area is 268 Å². The molecule has 1 aromatic heterocycles. The summed E-state index contributed by atoms with van der Waals surface area (Å²) in [5, 5.41) is 12.8. The van der Waals surface area contributed by atoms with Crippen molar-refractivity contribution >= 4 is 44.1 Å². The number of nitrogens with zero attached hydrogens (tertiary/aromatic N) is 7.